The van der Waals surface area contributed by atoms with Crippen LogP contribution >= 0.6 is 24.0 Å². The molecule has 9 heteroatoms. The van der Waals surface area contributed by atoms with Crippen LogP contribution in [0.2, 0.25) is 0 Å². The Morgan fingerprint density at radius 1 is 1.11 bits per heavy atom. The Bertz CT molecular complexity index is 1270. The highest BCUT2D eigenvalue weighted by Gasteiger charge is 2.78. The molecule has 2 saturated heterocycles. The number of thiocarbonyl (C=S) groups is 1. The number of rotatable bonds is 5. The Morgan fingerprint density at radius 2 is 1.83 bits per heavy atom. The summed E-state index contributed by atoms with van der Waals surface area (Å²) < 4.78 is 10.3. The van der Waals surface area contributed by atoms with Crippen LogP contribution in [-0.2, 0) is 15.1 Å². The highest BCUT2D eigenvalue weighted by molar-refractivity contribution is 8.25. The molecule has 3 aliphatic heterocycles. The monoisotopic (exact) mass is 509 g/mol. The number of fused-ring (bicyclic) bond motifs is 3. The van der Waals surface area contributed by atoms with Gasteiger partial charge in [-0.3, -0.25) is 19.4 Å². The molecule has 0 unspecified atom stereocenters. The van der Waals surface area contributed by atoms with Gasteiger partial charge in [-0.05, 0) is 42.9 Å². The van der Waals surface area contributed by atoms with E-state index in [0.29, 0.717) is 22.4 Å². The zero-order valence-electron chi connectivity index (χ0n) is 20.1. The maximum atomic E-state index is 14.5. The number of benzene rings is 2. The van der Waals surface area contributed by atoms with Gasteiger partial charge in [-0.25, -0.2) is 0 Å². The van der Waals surface area contributed by atoms with Crippen LogP contribution in [-0.4, -0.2) is 72.1 Å². The van der Waals surface area contributed by atoms with Gasteiger partial charge in [0.1, 0.15) is 20.6 Å². The Hall–Kier alpha value is -2.88. The van der Waals surface area contributed by atoms with Crippen LogP contribution in [0.3, 0.4) is 0 Å². The normalized spacial score (nSPS) is 27.9. The zero-order valence-corrected chi connectivity index (χ0v) is 21.7. The number of likely N-dealkylation sites (tertiary alicyclic amines) is 1. The second-order valence-electron chi connectivity index (χ2n) is 8.98. The van der Waals surface area contributed by atoms with Gasteiger partial charge in [-0.1, -0.05) is 42.2 Å². The van der Waals surface area contributed by atoms with E-state index in [9.17, 15) is 9.59 Å². The van der Waals surface area contributed by atoms with Gasteiger partial charge in [0, 0.05) is 37.3 Å². The molecule has 2 fully saturated rings. The second-order valence-corrected chi connectivity index (χ2v) is 10.9. The number of amides is 2. The van der Waals surface area contributed by atoms with Crippen molar-refractivity contribution in [1.29, 1.82) is 0 Å². The number of hydrogen-bond donors (Lipinski definition) is 0. The van der Waals surface area contributed by atoms with E-state index < -0.39 is 10.3 Å². The Morgan fingerprint density at radius 3 is 2.51 bits per heavy atom. The molecule has 7 nitrogen and oxygen atoms in total. The number of ether oxygens (including phenoxy) is 2. The number of carbonyl (C=O) groups excluding carboxylic acids is 2. The lowest BCUT2D eigenvalue weighted by Gasteiger charge is -2.42. The van der Waals surface area contributed by atoms with Crippen LogP contribution in [0.15, 0.2) is 55.1 Å². The maximum absolute atomic E-state index is 14.5. The minimum atomic E-state index is -1.28. The van der Waals surface area contributed by atoms with Gasteiger partial charge >= 0.3 is 0 Å². The first kappa shape index (κ1) is 23.8. The van der Waals surface area contributed by atoms with Crippen molar-refractivity contribution in [3.63, 3.8) is 0 Å². The number of anilines is 1. The SMILES string of the molecule is C=CCN1C(=O)[C@]2(SC1=S)[C@H](c1cccc(OC)c1)CN(C)[C@]21C(=O)N(C)c2ccc(OC)cc21. The molecular weight excluding hydrogens is 482 g/mol. The Balaban J connectivity index is 1.84. The van der Waals surface area contributed by atoms with E-state index in [1.54, 1.807) is 37.1 Å². The lowest BCUT2D eigenvalue weighted by Crippen LogP contribution is -2.62. The molecule has 35 heavy (non-hydrogen) atoms. The molecule has 3 heterocycles. The molecule has 2 aromatic rings. The van der Waals surface area contributed by atoms with E-state index in [1.165, 1.54) is 11.8 Å². The average Bonchev–Trinajstić information content (AvgIpc) is 3.37. The van der Waals surface area contributed by atoms with Gasteiger partial charge in [0.15, 0.2) is 5.54 Å². The quantitative estimate of drug-likeness (QED) is 0.452. The summed E-state index contributed by atoms with van der Waals surface area (Å²) >= 11 is 7.06. The molecular formula is C26H27N3O4S2. The van der Waals surface area contributed by atoms with E-state index in [0.717, 1.165) is 16.8 Å². The lowest BCUT2D eigenvalue weighted by atomic mass is 9.72. The number of hydrogen-bond acceptors (Lipinski definition) is 7. The number of thioether (sulfide) groups is 1. The van der Waals surface area contributed by atoms with Crippen LogP contribution < -0.4 is 14.4 Å². The number of nitrogens with zero attached hydrogens (tertiary/aromatic N) is 3. The van der Waals surface area contributed by atoms with Crippen LogP contribution in [0.5, 0.6) is 11.5 Å². The number of carbonyl (C=O) groups is 2. The summed E-state index contributed by atoms with van der Waals surface area (Å²) in [5.41, 5.74) is 1.15. The predicted octanol–water partition coefficient (Wildman–Crippen LogP) is 3.39. The summed E-state index contributed by atoms with van der Waals surface area (Å²) in [5, 5.41) is 0. The van der Waals surface area contributed by atoms with Gasteiger partial charge in [-0.15, -0.1) is 6.58 Å². The summed E-state index contributed by atoms with van der Waals surface area (Å²) in [6.07, 6.45) is 1.66. The first-order chi connectivity index (χ1) is 16.8. The van der Waals surface area contributed by atoms with Crippen LogP contribution in [0.1, 0.15) is 17.0 Å². The molecule has 0 bridgehead atoms. The van der Waals surface area contributed by atoms with Crippen molar-refractivity contribution in [2.45, 2.75) is 16.2 Å². The first-order valence-electron chi connectivity index (χ1n) is 11.3. The van der Waals surface area contributed by atoms with Crippen molar-refractivity contribution < 1.29 is 19.1 Å². The van der Waals surface area contributed by atoms with E-state index in [-0.39, 0.29) is 24.3 Å². The summed E-state index contributed by atoms with van der Waals surface area (Å²) in [7, 11) is 6.88. The molecule has 2 aromatic carbocycles. The highest BCUT2D eigenvalue weighted by Crippen LogP contribution is 2.66. The van der Waals surface area contributed by atoms with Gasteiger partial charge in [0.2, 0.25) is 5.91 Å². The van der Waals surface area contributed by atoms with Crippen LogP contribution in [0.25, 0.3) is 0 Å². The third-order valence-electron chi connectivity index (χ3n) is 7.47. The van der Waals surface area contributed by atoms with Gasteiger partial charge < -0.3 is 14.4 Å². The fourth-order valence-corrected chi connectivity index (χ4v) is 8.09. The summed E-state index contributed by atoms with van der Waals surface area (Å²) in [5.74, 6) is 0.654. The van der Waals surface area contributed by atoms with Crippen LogP contribution in [0, 0.1) is 0 Å². The van der Waals surface area contributed by atoms with Crippen molar-refractivity contribution in [1.82, 2.24) is 9.80 Å². The summed E-state index contributed by atoms with van der Waals surface area (Å²) in [6, 6.07) is 13.3. The van der Waals surface area contributed by atoms with Crippen LogP contribution in [0.4, 0.5) is 5.69 Å². The largest absolute Gasteiger partial charge is 0.497 e. The van der Waals surface area contributed by atoms with Crippen molar-refractivity contribution in [2.24, 2.45) is 0 Å². The summed E-state index contributed by atoms with van der Waals surface area (Å²) in [6.45, 7) is 4.58. The third-order valence-corrected chi connectivity index (χ3v) is 9.41. The smallest absolute Gasteiger partial charge is 0.254 e. The number of methoxy groups -OCH3 is 2. The maximum Gasteiger partial charge on any atom is 0.254 e. The third kappa shape index (κ3) is 2.92. The minimum Gasteiger partial charge on any atom is -0.497 e. The van der Waals surface area contributed by atoms with E-state index in [4.69, 9.17) is 21.7 Å². The molecule has 0 saturated carbocycles. The van der Waals surface area contributed by atoms with Crippen molar-refractivity contribution >= 4 is 45.8 Å². The molecule has 2 spiro atoms. The predicted molar refractivity (Wildman–Crippen MR) is 141 cm³/mol. The molecule has 2 amide bonds. The Labute approximate surface area is 214 Å². The van der Waals surface area contributed by atoms with Gasteiger partial charge in [0.25, 0.3) is 5.91 Å². The fourth-order valence-electron chi connectivity index (χ4n) is 5.95. The van der Waals surface area contributed by atoms with Crippen molar-refractivity contribution in [3.8, 4) is 11.5 Å². The van der Waals surface area contributed by atoms with Crippen molar-refractivity contribution in [2.75, 3.05) is 46.3 Å². The molecule has 0 aliphatic carbocycles. The lowest BCUT2D eigenvalue weighted by molar-refractivity contribution is -0.138. The molecule has 0 radical (unpaired) electrons. The topological polar surface area (TPSA) is 62.3 Å². The zero-order chi connectivity index (χ0) is 25.1. The highest BCUT2D eigenvalue weighted by atomic mass is 32.2. The van der Waals surface area contributed by atoms with Crippen molar-refractivity contribution in [3.05, 3.63) is 66.2 Å². The molecule has 3 aliphatic rings. The van der Waals surface area contributed by atoms with E-state index in [1.807, 2.05) is 54.4 Å². The van der Waals surface area contributed by atoms with E-state index in [2.05, 4.69) is 6.58 Å². The number of likely N-dealkylation sites (N-methyl/N-ethyl adjacent to an activating group) is 2. The molecule has 5 rings (SSSR count). The second kappa shape index (κ2) is 8.36. The Kier molecular flexibility index (Phi) is 5.69. The standard InChI is InChI=1S/C26H27N3O4S2/c1-6-12-29-23(31)26(35-24(29)34)20(16-8-7-9-17(13-16)32-4)15-27(2)25(26)19-14-18(33-5)10-11-21(19)28(3)22(25)30/h6-11,13-14,20H,1,12,15H2,2-5H3/t20-,25+,26+/m0/s1. The first-order valence-corrected chi connectivity index (χ1v) is 12.5. The molecule has 0 N–H and O–H groups in total. The van der Waals surface area contributed by atoms with Gasteiger partial charge in [-0.2, -0.15) is 0 Å². The minimum absolute atomic E-state index is 0.155. The fraction of sp³-hybridized carbons (Fsp3) is 0.346. The average molecular weight is 510 g/mol. The van der Waals surface area contributed by atoms with E-state index >= 15 is 0 Å². The van der Waals surface area contributed by atoms with Gasteiger partial charge in [0.05, 0.1) is 14.2 Å². The molecule has 0 aromatic heterocycles. The molecule has 3 atom stereocenters. The summed E-state index contributed by atoms with van der Waals surface area (Å²) in [4.78, 5) is 34.1. The molecule has 182 valence electrons.